The summed E-state index contributed by atoms with van der Waals surface area (Å²) >= 11 is 2.10. The van der Waals surface area contributed by atoms with Crippen LogP contribution < -0.4 is 0 Å². The Balaban J connectivity index is 2.34. The van der Waals surface area contributed by atoms with Crippen molar-refractivity contribution < 1.29 is 3.73 Å². The van der Waals surface area contributed by atoms with Crippen LogP contribution in [0.3, 0.4) is 0 Å². The van der Waals surface area contributed by atoms with Gasteiger partial charge in [0.2, 0.25) is 0 Å². The van der Waals surface area contributed by atoms with Crippen molar-refractivity contribution in [1.29, 1.82) is 0 Å². The van der Waals surface area contributed by atoms with E-state index in [-0.39, 0.29) is 0 Å². The molecule has 0 N–H and O–H groups in total. The summed E-state index contributed by atoms with van der Waals surface area (Å²) < 4.78 is 4.72. The Bertz CT molecular complexity index is 19.5. The van der Waals surface area contributed by atoms with Gasteiger partial charge in [-0.2, -0.15) is 0 Å². The minimum absolute atomic E-state index is 0.885. The van der Waals surface area contributed by atoms with Crippen LogP contribution in [-0.4, -0.2) is 23.8 Å². The third kappa shape index (κ3) is 4.52. The molecule has 0 aliphatic rings. The molecule has 0 fully saturated rings. The standard InChI is InChI=1S/C4H9AsO/c1-2-3-4-6-5/h2-4H2,1H3. The molecule has 0 rings (SSSR count). The van der Waals surface area contributed by atoms with E-state index in [1.165, 1.54) is 12.8 Å². The SMILES string of the molecule is CCCCO[As]. The Kier molecular flexibility index (Phi) is 6.00. The first-order valence-electron chi connectivity index (χ1n) is 2.18. The molecular formula is C4H9AsO. The summed E-state index contributed by atoms with van der Waals surface area (Å²) in [7, 11) is 0. The molecule has 36 valence electrons. The van der Waals surface area contributed by atoms with Gasteiger partial charge in [-0.05, 0) is 0 Å². The molecule has 0 bridgehead atoms. The molecule has 0 aromatic carbocycles. The molecule has 0 spiro atoms. The molecule has 2 heteroatoms. The number of hydrogen-bond donors (Lipinski definition) is 0. The molecule has 0 atom stereocenters. The molecule has 0 aliphatic carbocycles. The fourth-order valence-corrected chi connectivity index (χ4v) is 0.480. The molecule has 2 radical (unpaired) electrons. The average Bonchev–Trinajstić information content (AvgIpc) is 1.61. The second-order valence-electron chi connectivity index (χ2n) is 1.19. The van der Waals surface area contributed by atoms with Gasteiger partial charge in [0.25, 0.3) is 0 Å². The minimum atomic E-state index is 0.885. The van der Waals surface area contributed by atoms with Gasteiger partial charge in [0.15, 0.2) is 0 Å². The molecule has 0 amide bonds. The van der Waals surface area contributed by atoms with Crippen LogP contribution in [0, 0.1) is 0 Å². The van der Waals surface area contributed by atoms with Crippen LogP contribution in [0.5, 0.6) is 0 Å². The van der Waals surface area contributed by atoms with Crippen LogP contribution in [0.2, 0.25) is 0 Å². The van der Waals surface area contributed by atoms with E-state index in [9.17, 15) is 0 Å². The van der Waals surface area contributed by atoms with Gasteiger partial charge in [0, 0.05) is 0 Å². The Labute approximate surface area is 47.9 Å². The zero-order chi connectivity index (χ0) is 4.83. The predicted molar refractivity (Wildman–Crippen MR) is 26.6 cm³/mol. The van der Waals surface area contributed by atoms with Gasteiger partial charge in [-0.3, -0.25) is 0 Å². The normalized spacial score (nSPS) is 9.00. The van der Waals surface area contributed by atoms with Crippen molar-refractivity contribution in [3.63, 3.8) is 0 Å². The van der Waals surface area contributed by atoms with Gasteiger partial charge in [0.1, 0.15) is 0 Å². The van der Waals surface area contributed by atoms with Crippen molar-refractivity contribution >= 4 is 17.2 Å². The molecule has 6 heavy (non-hydrogen) atoms. The third-order valence-corrected chi connectivity index (χ3v) is 0.972. The van der Waals surface area contributed by atoms with E-state index >= 15 is 0 Å². The second kappa shape index (κ2) is 5.52. The first-order valence-corrected chi connectivity index (χ1v) is 2.94. The van der Waals surface area contributed by atoms with E-state index in [1.54, 1.807) is 0 Å². The molecule has 0 aromatic rings. The quantitative estimate of drug-likeness (QED) is 0.426. The van der Waals surface area contributed by atoms with Crippen molar-refractivity contribution in [1.82, 2.24) is 0 Å². The van der Waals surface area contributed by atoms with Crippen LogP contribution in [0.25, 0.3) is 0 Å². The van der Waals surface area contributed by atoms with Crippen LogP contribution >= 0.6 is 0 Å². The van der Waals surface area contributed by atoms with Gasteiger partial charge in [0.05, 0.1) is 0 Å². The summed E-state index contributed by atoms with van der Waals surface area (Å²) in [6.45, 7) is 3.03. The van der Waals surface area contributed by atoms with Gasteiger partial charge < -0.3 is 0 Å². The van der Waals surface area contributed by atoms with E-state index in [1.807, 2.05) is 0 Å². The maximum absolute atomic E-state index is 4.72. The summed E-state index contributed by atoms with van der Waals surface area (Å²) in [6, 6.07) is 0. The van der Waals surface area contributed by atoms with E-state index in [0.29, 0.717) is 0 Å². The molecule has 0 heterocycles. The second-order valence-corrected chi connectivity index (χ2v) is 1.73. The monoisotopic (exact) mass is 148 g/mol. The van der Waals surface area contributed by atoms with Crippen LogP contribution in [-0.2, 0) is 3.73 Å². The molecule has 1 nitrogen and oxygen atoms in total. The molecular weight excluding hydrogens is 139 g/mol. The number of rotatable bonds is 3. The predicted octanol–water partition coefficient (Wildman–Crippen LogP) is 0.887. The van der Waals surface area contributed by atoms with E-state index < -0.39 is 0 Å². The summed E-state index contributed by atoms with van der Waals surface area (Å²) in [5.41, 5.74) is 0. The molecule has 0 unspecified atom stereocenters. The van der Waals surface area contributed by atoms with Gasteiger partial charge in [-0.25, -0.2) is 0 Å². The molecule has 0 saturated carbocycles. The summed E-state index contributed by atoms with van der Waals surface area (Å²) in [4.78, 5) is 0. The maximum atomic E-state index is 4.72. The first-order chi connectivity index (χ1) is 2.91. The molecule has 0 aliphatic heterocycles. The first kappa shape index (κ1) is 6.52. The van der Waals surface area contributed by atoms with Crippen LogP contribution in [0.1, 0.15) is 19.8 Å². The fraction of sp³-hybridized carbons (Fsp3) is 1.00. The van der Waals surface area contributed by atoms with Crippen molar-refractivity contribution in [3.05, 3.63) is 0 Å². The van der Waals surface area contributed by atoms with Crippen LogP contribution in [0.15, 0.2) is 0 Å². The Hall–Kier alpha value is 0.518. The van der Waals surface area contributed by atoms with Crippen molar-refractivity contribution in [2.45, 2.75) is 19.8 Å². The third-order valence-electron chi connectivity index (χ3n) is 0.589. The van der Waals surface area contributed by atoms with E-state index in [0.717, 1.165) is 6.61 Å². The Morgan fingerprint density at radius 1 is 1.67 bits per heavy atom. The Morgan fingerprint density at radius 2 is 2.33 bits per heavy atom. The van der Waals surface area contributed by atoms with Crippen molar-refractivity contribution in [3.8, 4) is 0 Å². The van der Waals surface area contributed by atoms with Gasteiger partial charge >= 0.3 is 47.3 Å². The fourth-order valence-electron chi connectivity index (χ4n) is 0.209. The summed E-state index contributed by atoms with van der Waals surface area (Å²) in [6.07, 6.45) is 2.40. The number of hydrogen-bond acceptors (Lipinski definition) is 1. The Morgan fingerprint density at radius 3 is 2.50 bits per heavy atom. The van der Waals surface area contributed by atoms with Gasteiger partial charge in [-0.1, -0.05) is 0 Å². The van der Waals surface area contributed by atoms with Crippen LogP contribution in [0.4, 0.5) is 0 Å². The van der Waals surface area contributed by atoms with Gasteiger partial charge in [-0.15, -0.1) is 0 Å². The topological polar surface area (TPSA) is 9.23 Å². The van der Waals surface area contributed by atoms with Crippen molar-refractivity contribution in [2.24, 2.45) is 0 Å². The van der Waals surface area contributed by atoms with E-state index in [2.05, 4.69) is 24.1 Å². The van der Waals surface area contributed by atoms with E-state index in [4.69, 9.17) is 3.73 Å². The molecule has 0 saturated heterocycles. The average molecular weight is 148 g/mol. The number of unbranched alkanes of at least 4 members (excludes halogenated alkanes) is 1. The summed E-state index contributed by atoms with van der Waals surface area (Å²) in [5, 5.41) is 0. The zero-order valence-corrected chi connectivity index (χ0v) is 5.85. The summed E-state index contributed by atoms with van der Waals surface area (Å²) in [5.74, 6) is 0. The zero-order valence-electron chi connectivity index (χ0n) is 3.98. The molecule has 0 aromatic heterocycles. The van der Waals surface area contributed by atoms with Crippen molar-refractivity contribution in [2.75, 3.05) is 6.61 Å².